The van der Waals surface area contributed by atoms with Gasteiger partial charge in [0.1, 0.15) is 16.5 Å². The van der Waals surface area contributed by atoms with Crippen LogP contribution in [0.4, 0.5) is 14.5 Å². The van der Waals surface area contributed by atoms with E-state index in [0.717, 1.165) is 23.1 Å². The fourth-order valence-corrected chi connectivity index (χ4v) is 5.29. The first-order valence-electron chi connectivity index (χ1n) is 10.1. The van der Waals surface area contributed by atoms with Crippen molar-refractivity contribution in [1.82, 2.24) is 14.2 Å². The highest BCUT2D eigenvalue weighted by atomic mass is 32.2. The zero-order valence-electron chi connectivity index (χ0n) is 17.4. The van der Waals surface area contributed by atoms with Gasteiger partial charge in [0.05, 0.1) is 17.7 Å². The molecule has 1 N–H and O–H groups in total. The van der Waals surface area contributed by atoms with Crippen molar-refractivity contribution in [2.24, 2.45) is 0 Å². The molecule has 2 aromatic carbocycles. The van der Waals surface area contributed by atoms with Gasteiger partial charge in [0.2, 0.25) is 15.9 Å². The number of aryl methyl sites for hydroxylation is 1. The molecule has 0 saturated carbocycles. The number of hydrogen-bond donors (Lipinski definition) is 1. The molecule has 0 unspecified atom stereocenters. The third-order valence-electron chi connectivity index (χ3n) is 5.33. The van der Waals surface area contributed by atoms with Gasteiger partial charge >= 0.3 is 0 Å². The Hall–Kier alpha value is -2.95. The molecule has 32 heavy (non-hydrogen) atoms. The number of aromatic nitrogens is 1. The largest absolute Gasteiger partial charge is 0.322 e. The molecular formula is C22H22F2N4O3S. The SMILES string of the molecule is Cc1cnc2c(S(=O)(=O)N3CCN(CC(=O)Nc4ccc(F)cc4F)CC3)cccc2c1. The number of benzene rings is 2. The van der Waals surface area contributed by atoms with Gasteiger partial charge in [-0.1, -0.05) is 12.1 Å². The number of fused-ring (bicyclic) bond motifs is 1. The maximum Gasteiger partial charge on any atom is 0.245 e. The van der Waals surface area contributed by atoms with Crippen LogP contribution in [0.1, 0.15) is 5.56 Å². The number of nitrogens with one attached hydrogen (secondary N) is 1. The van der Waals surface area contributed by atoms with Gasteiger partial charge in [-0.2, -0.15) is 4.31 Å². The number of halogens is 2. The third kappa shape index (κ3) is 4.62. The van der Waals surface area contributed by atoms with Crippen LogP contribution in [0.2, 0.25) is 0 Å². The number of para-hydroxylation sites is 1. The highest BCUT2D eigenvalue weighted by molar-refractivity contribution is 7.89. The van der Waals surface area contributed by atoms with Crippen molar-refractivity contribution in [2.75, 3.05) is 38.0 Å². The number of sulfonamides is 1. The van der Waals surface area contributed by atoms with E-state index in [2.05, 4.69) is 10.3 Å². The van der Waals surface area contributed by atoms with Crippen LogP contribution < -0.4 is 5.32 Å². The molecule has 2 heterocycles. The Balaban J connectivity index is 1.40. The Labute approximate surface area is 184 Å². The summed E-state index contributed by atoms with van der Waals surface area (Å²) in [5.74, 6) is -2.04. The Morgan fingerprint density at radius 3 is 2.56 bits per heavy atom. The Bertz CT molecular complexity index is 1280. The number of nitrogens with zero attached hydrogens (tertiary/aromatic N) is 3. The number of piperazine rings is 1. The van der Waals surface area contributed by atoms with Crippen LogP contribution in [0.25, 0.3) is 10.9 Å². The van der Waals surface area contributed by atoms with Crippen molar-refractivity contribution in [3.63, 3.8) is 0 Å². The molecule has 168 valence electrons. The molecule has 0 radical (unpaired) electrons. The zero-order valence-corrected chi connectivity index (χ0v) is 18.2. The predicted molar refractivity (Wildman–Crippen MR) is 117 cm³/mol. The van der Waals surface area contributed by atoms with Crippen molar-refractivity contribution >= 4 is 32.5 Å². The zero-order chi connectivity index (χ0) is 22.9. The number of carbonyl (C=O) groups is 1. The van der Waals surface area contributed by atoms with Crippen molar-refractivity contribution in [3.8, 4) is 0 Å². The molecule has 10 heteroatoms. The molecule has 1 aromatic heterocycles. The Kier molecular flexibility index (Phi) is 6.18. The van der Waals surface area contributed by atoms with Gasteiger partial charge < -0.3 is 5.32 Å². The number of amides is 1. The summed E-state index contributed by atoms with van der Waals surface area (Å²) in [6.45, 7) is 2.98. The molecule has 1 saturated heterocycles. The molecule has 0 atom stereocenters. The summed E-state index contributed by atoms with van der Waals surface area (Å²) in [5.41, 5.74) is 1.27. The van der Waals surface area contributed by atoms with E-state index in [4.69, 9.17) is 0 Å². The summed E-state index contributed by atoms with van der Waals surface area (Å²) in [4.78, 5) is 18.5. The molecule has 1 aliphatic heterocycles. The van der Waals surface area contributed by atoms with Crippen LogP contribution in [0.3, 0.4) is 0 Å². The summed E-state index contributed by atoms with van der Waals surface area (Å²) in [6.07, 6.45) is 1.64. The van der Waals surface area contributed by atoms with Crippen LogP contribution in [0, 0.1) is 18.6 Å². The number of anilines is 1. The topological polar surface area (TPSA) is 82.6 Å². The van der Waals surface area contributed by atoms with Gasteiger partial charge in [-0.05, 0) is 36.8 Å². The highest BCUT2D eigenvalue weighted by Crippen LogP contribution is 2.25. The Morgan fingerprint density at radius 1 is 1.09 bits per heavy atom. The standard InChI is InChI=1S/C22H22F2N4O3S/c1-15-11-16-3-2-4-20(22(16)25-13-15)32(30,31)28-9-7-27(8-10-28)14-21(29)26-19-6-5-17(23)12-18(19)24/h2-6,11-13H,7-10,14H2,1H3,(H,26,29). The quantitative estimate of drug-likeness (QED) is 0.633. The number of pyridine rings is 1. The molecule has 1 fully saturated rings. The first-order chi connectivity index (χ1) is 15.2. The normalized spacial score (nSPS) is 15.7. The minimum absolute atomic E-state index is 0.0280. The summed E-state index contributed by atoms with van der Waals surface area (Å²) >= 11 is 0. The lowest BCUT2D eigenvalue weighted by Gasteiger charge is -2.33. The van der Waals surface area contributed by atoms with Crippen molar-refractivity contribution < 1.29 is 22.0 Å². The van der Waals surface area contributed by atoms with E-state index in [1.54, 1.807) is 23.2 Å². The summed E-state index contributed by atoms with van der Waals surface area (Å²) < 4.78 is 54.6. The van der Waals surface area contributed by atoms with E-state index in [1.807, 2.05) is 19.1 Å². The van der Waals surface area contributed by atoms with Crippen molar-refractivity contribution in [2.45, 2.75) is 11.8 Å². The van der Waals surface area contributed by atoms with E-state index in [1.165, 1.54) is 4.31 Å². The summed E-state index contributed by atoms with van der Waals surface area (Å²) in [5, 5.41) is 3.17. The van der Waals surface area contributed by atoms with Gasteiger partial charge in [-0.25, -0.2) is 17.2 Å². The molecule has 1 aliphatic rings. The first-order valence-corrected chi connectivity index (χ1v) is 11.5. The van der Waals surface area contributed by atoms with Crippen LogP contribution in [-0.2, 0) is 14.8 Å². The maximum absolute atomic E-state index is 13.7. The van der Waals surface area contributed by atoms with E-state index in [-0.39, 0.29) is 30.2 Å². The van der Waals surface area contributed by atoms with Gasteiger partial charge in [-0.3, -0.25) is 14.7 Å². The van der Waals surface area contributed by atoms with Crippen LogP contribution in [0.15, 0.2) is 53.6 Å². The van der Waals surface area contributed by atoms with E-state index in [0.29, 0.717) is 24.7 Å². The lowest BCUT2D eigenvalue weighted by molar-refractivity contribution is -0.117. The van der Waals surface area contributed by atoms with Crippen LogP contribution in [0.5, 0.6) is 0 Å². The van der Waals surface area contributed by atoms with E-state index < -0.39 is 27.6 Å². The summed E-state index contributed by atoms with van der Waals surface area (Å²) in [6, 6.07) is 9.89. The second-order valence-electron chi connectivity index (χ2n) is 7.69. The molecule has 7 nitrogen and oxygen atoms in total. The number of hydrogen-bond acceptors (Lipinski definition) is 5. The van der Waals surface area contributed by atoms with Gasteiger partial charge in [0.25, 0.3) is 0 Å². The van der Waals surface area contributed by atoms with Gasteiger partial charge in [0, 0.05) is 43.8 Å². The molecule has 3 aromatic rings. The number of carbonyl (C=O) groups excluding carboxylic acids is 1. The van der Waals surface area contributed by atoms with Crippen molar-refractivity contribution in [1.29, 1.82) is 0 Å². The second-order valence-corrected chi connectivity index (χ2v) is 9.60. The number of rotatable bonds is 5. The molecule has 0 spiro atoms. The molecule has 4 rings (SSSR count). The van der Waals surface area contributed by atoms with Gasteiger partial charge in [0.15, 0.2) is 0 Å². The average Bonchev–Trinajstić information content (AvgIpc) is 2.75. The first kappa shape index (κ1) is 22.3. The fourth-order valence-electron chi connectivity index (χ4n) is 3.70. The third-order valence-corrected chi connectivity index (χ3v) is 7.26. The minimum Gasteiger partial charge on any atom is -0.322 e. The predicted octanol–water partition coefficient (Wildman–Crippen LogP) is 2.77. The van der Waals surface area contributed by atoms with E-state index in [9.17, 15) is 22.0 Å². The molecule has 1 amide bonds. The Morgan fingerprint density at radius 2 is 1.84 bits per heavy atom. The minimum atomic E-state index is -3.75. The molecule has 0 aliphatic carbocycles. The van der Waals surface area contributed by atoms with Crippen LogP contribution in [-0.4, -0.2) is 61.2 Å². The average molecular weight is 461 g/mol. The molecular weight excluding hydrogens is 438 g/mol. The van der Waals surface area contributed by atoms with Crippen molar-refractivity contribution in [3.05, 3.63) is 65.9 Å². The van der Waals surface area contributed by atoms with Crippen LogP contribution >= 0.6 is 0 Å². The maximum atomic E-state index is 13.7. The van der Waals surface area contributed by atoms with E-state index >= 15 is 0 Å². The smallest absolute Gasteiger partial charge is 0.245 e. The lowest BCUT2D eigenvalue weighted by atomic mass is 10.2. The highest BCUT2D eigenvalue weighted by Gasteiger charge is 2.30. The summed E-state index contributed by atoms with van der Waals surface area (Å²) in [7, 11) is -3.75. The lowest BCUT2D eigenvalue weighted by Crippen LogP contribution is -2.50. The molecule has 0 bridgehead atoms. The monoisotopic (exact) mass is 460 g/mol. The fraction of sp³-hybridized carbons (Fsp3) is 0.273. The second kappa shape index (κ2) is 8.89. The van der Waals surface area contributed by atoms with Gasteiger partial charge in [-0.15, -0.1) is 0 Å².